The molecule has 9 nitrogen and oxygen atoms in total. The Labute approximate surface area is 246 Å². The van der Waals surface area contributed by atoms with E-state index >= 15 is 0 Å². The molecule has 0 radical (unpaired) electrons. The lowest BCUT2D eigenvalue weighted by molar-refractivity contribution is -0.137. The summed E-state index contributed by atoms with van der Waals surface area (Å²) in [4.78, 5) is 14.4. The number of halogens is 4. The van der Waals surface area contributed by atoms with E-state index in [1.165, 1.54) is 6.07 Å². The van der Waals surface area contributed by atoms with Crippen LogP contribution in [0, 0.1) is 18.7 Å². The van der Waals surface area contributed by atoms with Crippen molar-refractivity contribution in [2.75, 3.05) is 24.6 Å². The molecule has 5 heterocycles. The summed E-state index contributed by atoms with van der Waals surface area (Å²) >= 11 is 6.16. The van der Waals surface area contributed by atoms with Crippen molar-refractivity contribution in [1.29, 1.82) is 0 Å². The number of nitrogens with zero attached hydrogens (tertiary/aromatic N) is 8. The van der Waals surface area contributed by atoms with E-state index in [1.54, 1.807) is 18.5 Å². The number of imidazole rings is 1. The van der Waals surface area contributed by atoms with Crippen LogP contribution >= 0.6 is 11.6 Å². The Morgan fingerprint density at radius 3 is 2.67 bits per heavy atom. The molecule has 2 unspecified atom stereocenters. The summed E-state index contributed by atoms with van der Waals surface area (Å²) < 4.78 is 52.2. The van der Waals surface area contributed by atoms with Crippen LogP contribution in [0.15, 0.2) is 24.5 Å². The summed E-state index contributed by atoms with van der Waals surface area (Å²) in [6.07, 6.45) is 3.46. The van der Waals surface area contributed by atoms with E-state index in [-0.39, 0.29) is 48.0 Å². The van der Waals surface area contributed by atoms with Gasteiger partial charge in [-0.1, -0.05) is 17.7 Å². The van der Waals surface area contributed by atoms with Crippen molar-refractivity contribution in [1.82, 2.24) is 34.0 Å². The summed E-state index contributed by atoms with van der Waals surface area (Å²) in [6, 6.07) is 4.25. The van der Waals surface area contributed by atoms with E-state index in [2.05, 4.69) is 38.4 Å². The molecule has 4 atom stereocenters. The second-order valence-electron chi connectivity index (χ2n) is 12.2. The van der Waals surface area contributed by atoms with Gasteiger partial charge in [-0.25, -0.2) is 22.6 Å². The average molecular weight is 603 g/mol. The summed E-state index contributed by atoms with van der Waals surface area (Å²) in [5.41, 5.74) is 2.42. The fourth-order valence-electron chi connectivity index (χ4n) is 7.16. The number of anilines is 1. The van der Waals surface area contributed by atoms with Gasteiger partial charge in [-0.2, -0.15) is 4.98 Å². The van der Waals surface area contributed by atoms with Crippen molar-refractivity contribution in [2.24, 2.45) is 5.92 Å². The van der Waals surface area contributed by atoms with Gasteiger partial charge >= 0.3 is 0 Å². The smallest absolute Gasteiger partial charge is 0.258 e. The van der Waals surface area contributed by atoms with Gasteiger partial charge in [0.1, 0.15) is 23.5 Å². The molecule has 1 aliphatic carbocycles. The minimum absolute atomic E-state index is 0.00471. The molecule has 224 valence electrons. The third-order valence-corrected chi connectivity index (χ3v) is 9.52. The first-order valence-corrected chi connectivity index (χ1v) is 15.0. The quantitative estimate of drug-likeness (QED) is 0.291. The largest absolute Gasteiger partial charge is 0.376 e. The number of hydrogen-bond acceptors (Lipinski definition) is 7. The lowest BCUT2D eigenvalue weighted by atomic mass is 9.73. The molecule has 3 aromatic heterocycles. The van der Waals surface area contributed by atoms with Crippen LogP contribution in [0.1, 0.15) is 57.0 Å². The highest BCUT2D eigenvalue weighted by Crippen LogP contribution is 2.51. The zero-order valence-corrected chi connectivity index (χ0v) is 24.6. The van der Waals surface area contributed by atoms with Gasteiger partial charge in [-0.3, -0.25) is 4.90 Å². The number of benzene rings is 1. The molecule has 4 aromatic rings. The van der Waals surface area contributed by atoms with Crippen molar-refractivity contribution < 1.29 is 17.9 Å². The molecular formula is C29H34ClF3N8O. The third-order valence-electron chi connectivity index (χ3n) is 9.23. The van der Waals surface area contributed by atoms with Crippen molar-refractivity contribution in [3.63, 3.8) is 0 Å². The molecule has 13 heteroatoms. The monoisotopic (exact) mass is 602 g/mol. The van der Waals surface area contributed by atoms with Gasteiger partial charge in [0.15, 0.2) is 11.5 Å². The minimum Gasteiger partial charge on any atom is -0.376 e. The first-order valence-electron chi connectivity index (χ1n) is 14.6. The minimum atomic E-state index is -2.67. The maximum atomic E-state index is 14.1. The van der Waals surface area contributed by atoms with Crippen LogP contribution in [-0.4, -0.2) is 77.8 Å². The van der Waals surface area contributed by atoms with Crippen molar-refractivity contribution in [3.8, 4) is 0 Å². The number of aromatic nitrogens is 6. The van der Waals surface area contributed by atoms with E-state index in [0.717, 1.165) is 47.8 Å². The number of piperazine rings is 1. The van der Waals surface area contributed by atoms with Gasteiger partial charge in [0.25, 0.3) is 5.78 Å². The van der Waals surface area contributed by atoms with Crippen LogP contribution in [0.2, 0.25) is 5.02 Å². The van der Waals surface area contributed by atoms with Gasteiger partial charge in [0, 0.05) is 50.7 Å². The van der Waals surface area contributed by atoms with Crippen molar-refractivity contribution >= 4 is 34.4 Å². The Balaban J connectivity index is 1.24. The number of fused-ring (bicyclic) bond motifs is 3. The van der Waals surface area contributed by atoms with Gasteiger partial charge in [0.05, 0.1) is 17.7 Å². The summed E-state index contributed by atoms with van der Waals surface area (Å²) in [7, 11) is 0. The molecule has 2 saturated heterocycles. The fourth-order valence-corrected chi connectivity index (χ4v) is 7.35. The Hall–Kier alpha value is -2.96. The van der Waals surface area contributed by atoms with E-state index in [4.69, 9.17) is 26.3 Å². The van der Waals surface area contributed by atoms with Gasteiger partial charge in [-0.15, -0.1) is 10.2 Å². The van der Waals surface area contributed by atoms with Gasteiger partial charge in [-0.05, 0) is 57.2 Å². The number of ether oxygens (including phenoxy) is 1. The highest BCUT2D eigenvalue weighted by Gasteiger charge is 2.51. The molecule has 0 amide bonds. The van der Waals surface area contributed by atoms with Gasteiger partial charge in [0.2, 0.25) is 5.92 Å². The molecule has 1 saturated carbocycles. The average Bonchev–Trinajstić information content (AvgIpc) is 3.68. The maximum Gasteiger partial charge on any atom is 0.258 e. The van der Waals surface area contributed by atoms with Crippen LogP contribution in [0.25, 0.3) is 16.9 Å². The second-order valence-corrected chi connectivity index (χ2v) is 12.6. The van der Waals surface area contributed by atoms with Crippen LogP contribution in [0.3, 0.4) is 0 Å². The maximum absolute atomic E-state index is 14.1. The first-order chi connectivity index (χ1) is 20.1. The highest BCUT2D eigenvalue weighted by atomic mass is 35.5. The van der Waals surface area contributed by atoms with Crippen LogP contribution in [0.4, 0.5) is 19.0 Å². The predicted molar refractivity (Wildman–Crippen MR) is 153 cm³/mol. The topological polar surface area (TPSA) is 76.6 Å². The summed E-state index contributed by atoms with van der Waals surface area (Å²) in [5, 5.41) is 8.42. The standard InChI is InChI=1S/C29H34ClF3N8O/c1-16-13-39(17(2)12-38(16)25(20-10-29(32,33)11-20)19-6-7-23(31)22(30)9-19)26-24-27(41-15-34-37-28(41)36-26)40(18(3)35-24)14-21-5-4-8-42-21/h6-7,9,15-17,20-21,25H,4-5,8,10-14H2,1-3H3/t16-,17+,21?,25?/m1/s1. The van der Waals surface area contributed by atoms with E-state index < -0.39 is 11.7 Å². The molecule has 3 fully saturated rings. The molecule has 1 aromatic carbocycles. The zero-order chi connectivity index (χ0) is 29.3. The first kappa shape index (κ1) is 27.8. The van der Waals surface area contributed by atoms with E-state index in [0.29, 0.717) is 25.4 Å². The number of aryl methyl sites for hydroxylation is 1. The highest BCUT2D eigenvalue weighted by molar-refractivity contribution is 6.30. The van der Waals surface area contributed by atoms with Crippen LogP contribution < -0.4 is 4.90 Å². The van der Waals surface area contributed by atoms with Crippen LogP contribution in [0.5, 0.6) is 0 Å². The molecule has 2 aliphatic heterocycles. The second kappa shape index (κ2) is 10.3. The Morgan fingerprint density at radius 1 is 1.14 bits per heavy atom. The third kappa shape index (κ3) is 4.71. The molecule has 0 bridgehead atoms. The van der Waals surface area contributed by atoms with E-state index in [1.807, 2.05) is 11.3 Å². The number of hydrogen-bond donors (Lipinski definition) is 0. The summed E-state index contributed by atoms with van der Waals surface area (Å²) in [6.45, 7) is 8.86. The Bertz CT molecular complexity index is 1630. The number of rotatable bonds is 6. The summed E-state index contributed by atoms with van der Waals surface area (Å²) in [5.74, 6) is -1.36. The fraction of sp³-hybridized carbons (Fsp3) is 0.586. The lowest BCUT2D eigenvalue weighted by Gasteiger charge is -2.52. The Morgan fingerprint density at radius 2 is 1.95 bits per heavy atom. The predicted octanol–water partition coefficient (Wildman–Crippen LogP) is 5.44. The molecule has 42 heavy (non-hydrogen) atoms. The van der Waals surface area contributed by atoms with Crippen molar-refractivity contribution in [2.45, 2.75) is 83.2 Å². The molecule has 3 aliphatic rings. The normalized spacial score (nSPS) is 25.9. The lowest BCUT2D eigenvalue weighted by Crippen LogP contribution is -2.59. The molecule has 7 rings (SSSR count). The molecule has 0 spiro atoms. The SMILES string of the molecule is Cc1nc2c(N3C[C@@H](C)N(C(c4ccc(F)c(Cl)c4)C4CC(F)(F)C4)C[C@@H]3C)nc3nncn3c2n1CC1CCCO1. The number of alkyl halides is 2. The van der Waals surface area contributed by atoms with E-state index in [9.17, 15) is 13.2 Å². The van der Waals surface area contributed by atoms with Crippen LogP contribution in [-0.2, 0) is 11.3 Å². The molecule has 0 N–H and O–H groups in total. The van der Waals surface area contributed by atoms with Crippen molar-refractivity contribution in [3.05, 3.63) is 46.8 Å². The Kier molecular flexibility index (Phi) is 6.86. The molecular weight excluding hydrogens is 569 g/mol. The zero-order valence-electron chi connectivity index (χ0n) is 23.9. The van der Waals surface area contributed by atoms with Gasteiger partial charge < -0.3 is 14.2 Å².